The third kappa shape index (κ3) is 21.4. The number of amides is 4. The number of ether oxygens (including phenoxy) is 7. The van der Waals surface area contributed by atoms with E-state index in [0.29, 0.717) is 50.4 Å². The first kappa shape index (κ1) is 101. The van der Waals surface area contributed by atoms with Crippen LogP contribution in [0.5, 0.6) is 11.5 Å². The molecular formula is C96H88F4N22O19P2S2. The third-order valence-electron chi connectivity index (χ3n) is 24.0. The van der Waals surface area contributed by atoms with E-state index in [-0.39, 0.29) is 100 Å². The van der Waals surface area contributed by atoms with Crippen molar-refractivity contribution >= 4 is 129 Å². The molecule has 0 spiro atoms. The largest absolute Gasteiger partial charge is 0.497 e. The Bertz CT molecular complexity index is 7270. The zero-order valence-electron chi connectivity index (χ0n) is 76.7. The average molecular weight is 2060 g/mol. The maximum absolute atomic E-state index is 18.5. The van der Waals surface area contributed by atoms with E-state index in [1.165, 1.54) is 56.2 Å². The molecule has 12 heterocycles. The Morgan fingerprint density at radius 1 is 0.407 bits per heavy atom. The highest BCUT2D eigenvalue weighted by atomic mass is 32.5. The van der Waals surface area contributed by atoms with Crippen molar-refractivity contribution in [1.29, 1.82) is 10.5 Å². The number of aliphatic hydroxyl groups is 2. The zero-order chi connectivity index (χ0) is 101. The Labute approximate surface area is 832 Å². The van der Waals surface area contributed by atoms with Crippen LogP contribution in [-0.2, 0) is 80.0 Å². The van der Waals surface area contributed by atoms with Crippen molar-refractivity contribution < 1.29 is 107 Å². The molecule has 0 bridgehead atoms. The van der Waals surface area contributed by atoms with Gasteiger partial charge >= 0.3 is 13.4 Å². The summed E-state index contributed by atoms with van der Waals surface area (Å²) >= 11 is 11.7. The number of benzene rings is 7. The summed E-state index contributed by atoms with van der Waals surface area (Å²) in [7, 11) is 3.09. The van der Waals surface area contributed by atoms with Crippen molar-refractivity contribution in [3.05, 3.63) is 290 Å². The van der Waals surface area contributed by atoms with E-state index in [0.717, 1.165) is 12.7 Å². The second-order valence-electron chi connectivity index (χ2n) is 32.8. The lowest BCUT2D eigenvalue weighted by Gasteiger charge is -2.39. The first-order valence-electron chi connectivity index (χ1n) is 45.1. The molecule has 4 aliphatic heterocycles. The quantitative estimate of drug-likeness (QED) is 0.00911. The minimum atomic E-state index is -4.20. The molecule has 8 aromatic heterocycles. The number of alkyl halides is 4. The van der Waals surface area contributed by atoms with Gasteiger partial charge in [0.25, 0.3) is 23.6 Å². The molecule has 0 radical (unpaired) electrons. The highest BCUT2D eigenvalue weighted by Gasteiger charge is 2.57. The van der Waals surface area contributed by atoms with E-state index in [1.807, 2.05) is 66.7 Å². The highest BCUT2D eigenvalue weighted by molar-refractivity contribution is 8.07. The van der Waals surface area contributed by atoms with E-state index < -0.39 is 161 Å². The Morgan fingerprint density at radius 2 is 0.710 bits per heavy atom. The first-order chi connectivity index (χ1) is 70.5. The number of anilines is 4. The van der Waals surface area contributed by atoms with Gasteiger partial charge in [-0.1, -0.05) is 134 Å². The van der Waals surface area contributed by atoms with Gasteiger partial charge in [-0.25, -0.2) is 77.4 Å². The standard InChI is InChI=1S/C59H54F2N11O10PS.C37H34F2N11O9PS/c1-4-43-50(46(61)58(79-43)72-35-68-48-52(64-33-66-54(48)72)70-56(74)37-17-10-6-11-18-37)82-83(84,77-30-14-29-62)78-31-44-49(45(60)57(80-44)71-34-67-47-51(63-32-65-53(47)71)69-55(73)36-15-8-5-9-16-36)81-59(38-19-12-7-13-20-38,39-21-25-41(75-2)26-22-39)40-23-27-42(76-3)28-24-40;38-24-28(52)23(58-36(24)49-18-45-26-30(41-16-43-32(26)49)47-34(53)20-8-3-1-4-9-20)15-56-60(61,55-13-7-12-40)59-29-22(14-51)57-37(25(29)39)50-19-46-27-31(42-17-44-33(27)50)48-35(54)21-10-5-2-6-11-21/h5-13,15-28,32-35,43-46,49-50,57-58H,4,14,30-31H2,1-3H3,(H,63,65,69,73)(H,64,66,70,74);1-6,8-11,16-19,22-25,28-29,36-37,51-52H,7,13-15H2,(H,41,43,47,53)(H,42,44,48,54)/t43-,44-,45+,46+,49?,50?,57-,58-,83?;22-,23-,24+,25+,28?,29?,36-,37-,60?/m11/s1. The summed E-state index contributed by atoms with van der Waals surface area (Å²) < 4.78 is 154. The van der Waals surface area contributed by atoms with Crippen LogP contribution in [0.4, 0.5) is 40.8 Å². The Balaban J connectivity index is 0.000000200. The lowest BCUT2D eigenvalue weighted by molar-refractivity contribution is -0.104. The molecule has 4 fully saturated rings. The molecule has 4 aliphatic rings. The number of aliphatic hydroxyl groups excluding tert-OH is 2. The number of rotatable bonds is 37. The van der Waals surface area contributed by atoms with E-state index in [9.17, 15) is 39.9 Å². The summed E-state index contributed by atoms with van der Waals surface area (Å²) in [5.41, 5.74) is 2.56. The maximum atomic E-state index is 18.5. The van der Waals surface area contributed by atoms with Crippen LogP contribution in [0, 0.1) is 22.7 Å². The van der Waals surface area contributed by atoms with Crippen LogP contribution in [0.25, 0.3) is 44.7 Å². The number of methoxy groups -OCH3 is 2. The zero-order valence-corrected chi connectivity index (χ0v) is 80.1. The smallest absolute Gasteiger partial charge is 0.327 e. The second kappa shape index (κ2) is 44.9. The minimum absolute atomic E-state index is 0.0490. The number of nitrogens with zero attached hydrogens (tertiary/aromatic N) is 18. The van der Waals surface area contributed by atoms with Crippen molar-refractivity contribution in [1.82, 2.24) is 78.1 Å². The molecule has 6 N–H and O–H groups in total. The van der Waals surface area contributed by atoms with Gasteiger partial charge < -0.3 is 82.7 Å². The topological polar surface area (TPSA) is 499 Å². The predicted molar refractivity (Wildman–Crippen MR) is 517 cm³/mol. The predicted octanol–water partition coefficient (Wildman–Crippen LogP) is 13.6. The van der Waals surface area contributed by atoms with Crippen LogP contribution in [0.15, 0.2) is 251 Å². The second-order valence-corrected chi connectivity index (χ2v) is 38.7. The number of carbonyl (C=O) groups is 4. The summed E-state index contributed by atoms with van der Waals surface area (Å²) in [5, 5.41) is 50.9. The highest BCUT2D eigenvalue weighted by Crippen LogP contribution is 2.58. The van der Waals surface area contributed by atoms with Crippen LogP contribution in [0.1, 0.15) is 109 Å². The molecule has 7 aromatic carbocycles. The van der Waals surface area contributed by atoms with Gasteiger partial charge in [0, 0.05) is 22.3 Å². The molecule has 49 heteroatoms. The van der Waals surface area contributed by atoms with E-state index in [2.05, 4.69) is 81.1 Å². The number of nitrogens with one attached hydrogen (secondary N) is 4. The van der Waals surface area contributed by atoms with Gasteiger partial charge in [0.15, 0.2) is 118 Å². The molecule has 0 saturated carbocycles. The maximum Gasteiger partial charge on any atom is 0.327 e. The molecule has 0 aliphatic carbocycles. The summed E-state index contributed by atoms with van der Waals surface area (Å²) in [4.78, 5) is 104. The van der Waals surface area contributed by atoms with Crippen LogP contribution in [0.2, 0.25) is 0 Å². The average Bonchev–Trinajstić information content (AvgIpc) is 1.70. The van der Waals surface area contributed by atoms with Gasteiger partial charge in [0.05, 0.1) is 104 Å². The number of hydrogen-bond donors (Lipinski definition) is 6. The van der Waals surface area contributed by atoms with Gasteiger partial charge in [-0.3, -0.25) is 46.5 Å². The van der Waals surface area contributed by atoms with E-state index in [4.69, 9.17) is 83.9 Å². The van der Waals surface area contributed by atoms with Gasteiger partial charge in [-0.2, -0.15) is 10.5 Å². The minimum Gasteiger partial charge on any atom is -0.497 e. The fraction of sp³-hybridized carbons (Fsp3) is 0.292. The normalized spacial score (nSPS) is 22.7. The molecular weight excluding hydrogens is 1970 g/mol. The Morgan fingerprint density at radius 3 is 1.05 bits per heavy atom. The molecule has 6 unspecified atom stereocenters. The van der Waals surface area contributed by atoms with Crippen LogP contribution < -0.4 is 30.7 Å². The first-order valence-corrected chi connectivity index (χ1v) is 50.2. The number of nitriles is 2. The van der Waals surface area contributed by atoms with Gasteiger partial charge in [-0.05, 0) is 120 Å². The van der Waals surface area contributed by atoms with E-state index >= 15 is 17.6 Å². The van der Waals surface area contributed by atoms with Crippen LogP contribution in [0.3, 0.4) is 0 Å². The lowest BCUT2D eigenvalue weighted by Crippen LogP contribution is -2.44. The lowest BCUT2D eigenvalue weighted by atomic mass is 9.79. The summed E-state index contributed by atoms with van der Waals surface area (Å²) in [6.07, 6.45) is -15.8. The molecule has 41 nitrogen and oxygen atoms in total. The molecule has 4 amide bonds. The summed E-state index contributed by atoms with van der Waals surface area (Å²) in [5.74, 6) is -0.489. The molecule has 15 aromatic rings. The molecule has 746 valence electrons. The SMILES string of the molecule is CC[C@H]1O[C@@H](n2cnc3c(NC(=O)c4ccccc4)ncnc32)[C@@H](F)C1OP(=S)(OCCC#N)OC[C@H]1O[C@@H](n2cnc3c(NC(=O)c4ccccc4)ncnc32)[C@@H](F)C1OC(c1ccccc1)(c1ccc(OC)cc1)c1ccc(OC)cc1.N#CCCOP(=S)(OC[C@H]1O[C@@H](n2cnc3c(NC(=O)c4ccccc4)ncnc32)[C@@H](F)C1O)OC1[C@@H](CO)O[C@@H](n2cnc3c(NC(=O)c4ccccc4)ncnc32)[C@H]1F. The molecule has 18 atom stereocenters. The van der Waals surface area contributed by atoms with Crippen LogP contribution in [-0.4, -0.2) is 233 Å². The Hall–Kier alpha value is -14.3. The summed E-state index contributed by atoms with van der Waals surface area (Å²) in [6, 6.07) is 61.3. The number of hydrogen-bond acceptors (Lipinski definition) is 35. The van der Waals surface area contributed by atoms with Gasteiger partial charge in [0.1, 0.15) is 85.1 Å². The van der Waals surface area contributed by atoms with Crippen LogP contribution >= 0.6 is 13.4 Å². The number of aromatic nitrogens is 16. The van der Waals surface area contributed by atoms with Gasteiger partial charge in [0.2, 0.25) is 0 Å². The van der Waals surface area contributed by atoms with Crippen molar-refractivity contribution in [3.63, 3.8) is 0 Å². The molecule has 19 rings (SSSR count). The number of imidazole rings is 4. The van der Waals surface area contributed by atoms with Crippen molar-refractivity contribution in [2.45, 2.75) is 130 Å². The van der Waals surface area contributed by atoms with E-state index in [1.54, 1.807) is 167 Å². The molecule has 145 heavy (non-hydrogen) atoms. The van der Waals surface area contributed by atoms with Crippen molar-refractivity contribution in [2.24, 2.45) is 0 Å². The van der Waals surface area contributed by atoms with Crippen molar-refractivity contribution in [3.8, 4) is 23.6 Å². The fourth-order valence-corrected chi connectivity index (χ4v) is 21.1. The third-order valence-corrected chi connectivity index (χ3v) is 28.7. The molecule has 4 saturated heterocycles. The van der Waals surface area contributed by atoms with Gasteiger partial charge in [-0.15, -0.1) is 0 Å². The van der Waals surface area contributed by atoms with Crippen molar-refractivity contribution in [2.75, 3.05) is 68.5 Å². The fourth-order valence-electron chi connectivity index (χ4n) is 16.9. The summed E-state index contributed by atoms with van der Waals surface area (Å²) in [6.45, 7) is -9.06. The number of carbonyl (C=O) groups excluding carboxylic acids is 4. The monoisotopic (exact) mass is 2050 g/mol. The Kier molecular flexibility index (Phi) is 31.2. The number of halogens is 4. The number of fused-ring (bicyclic) bond motifs is 4.